The highest BCUT2D eigenvalue weighted by atomic mass is 16.5. The molecule has 0 aliphatic rings. The third kappa shape index (κ3) is 6.37. The molecule has 0 atom stereocenters. The van der Waals surface area contributed by atoms with Gasteiger partial charge < -0.3 is 4.74 Å². The van der Waals surface area contributed by atoms with Crippen molar-refractivity contribution in [3.63, 3.8) is 0 Å². The summed E-state index contributed by atoms with van der Waals surface area (Å²) in [5, 5.41) is 0. The van der Waals surface area contributed by atoms with Crippen molar-refractivity contribution in [3.8, 4) is 11.8 Å². The van der Waals surface area contributed by atoms with Crippen LogP contribution in [0.2, 0.25) is 0 Å². The number of benzene rings is 3. The lowest BCUT2D eigenvalue weighted by atomic mass is 10.1. The molecule has 3 rings (SSSR count). The lowest BCUT2D eigenvalue weighted by Gasteiger charge is -2.07. The van der Waals surface area contributed by atoms with Gasteiger partial charge in [0.15, 0.2) is 0 Å². The Balaban J connectivity index is 1.58. The summed E-state index contributed by atoms with van der Waals surface area (Å²) in [5.41, 5.74) is 3.97. The molecular weight excluding hydrogens is 356 g/mol. The van der Waals surface area contributed by atoms with Crippen molar-refractivity contribution in [1.82, 2.24) is 0 Å². The van der Waals surface area contributed by atoms with Crippen LogP contribution in [-0.2, 0) is 4.74 Å². The summed E-state index contributed by atoms with van der Waals surface area (Å²) in [6.45, 7) is 4.17. The highest BCUT2D eigenvalue weighted by Gasteiger charge is 2.11. The van der Waals surface area contributed by atoms with E-state index in [1.165, 1.54) is 0 Å². The Morgan fingerprint density at radius 3 is 2.28 bits per heavy atom. The van der Waals surface area contributed by atoms with Crippen molar-refractivity contribution in [3.05, 3.63) is 125 Å². The molecule has 0 fully saturated rings. The number of esters is 1. The first-order valence-electron chi connectivity index (χ1n) is 9.44. The van der Waals surface area contributed by atoms with Gasteiger partial charge in [-0.3, -0.25) is 0 Å². The molecular formula is C27H22O2. The first-order valence-corrected chi connectivity index (χ1v) is 9.44. The van der Waals surface area contributed by atoms with Gasteiger partial charge in [-0.05, 0) is 41.8 Å². The Hall–Kier alpha value is -3.83. The molecule has 0 saturated carbocycles. The van der Waals surface area contributed by atoms with Gasteiger partial charge >= 0.3 is 5.97 Å². The highest BCUT2D eigenvalue weighted by molar-refractivity contribution is 5.92. The minimum atomic E-state index is -0.392. The average molecular weight is 378 g/mol. The monoisotopic (exact) mass is 378 g/mol. The van der Waals surface area contributed by atoms with Gasteiger partial charge in [-0.15, -0.1) is 0 Å². The van der Waals surface area contributed by atoms with Crippen LogP contribution in [0.5, 0.6) is 0 Å². The molecule has 0 amide bonds. The fraction of sp³-hybridized carbons (Fsp3) is 0.0741. The first-order chi connectivity index (χ1) is 14.2. The normalized spacial score (nSPS) is 10.2. The third-order valence-corrected chi connectivity index (χ3v) is 4.19. The topological polar surface area (TPSA) is 26.3 Å². The molecule has 0 bridgehead atoms. The molecule has 0 saturated heterocycles. The van der Waals surface area contributed by atoms with Crippen LogP contribution in [0.15, 0.2) is 103 Å². The maximum atomic E-state index is 12.5. The van der Waals surface area contributed by atoms with Crippen LogP contribution in [0.1, 0.15) is 33.5 Å². The van der Waals surface area contributed by atoms with Crippen LogP contribution in [0.3, 0.4) is 0 Å². The van der Waals surface area contributed by atoms with Crippen molar-refractivity contribution in [1.29, 1.82) is 0 Å². The van der Waals surface area contributed by atoms with Crippen molar-refractivity contribution in [2.45, 2.75) is 6.42 Å². The molecule has 0 aliphatic carbocycles. The summed E-state index contributed by atoms with van der Waals surface area (Å²) in [6, 6.07) is 26.9. The predicted octanol–water partition coefficient (Wildman–Crippen LogP) is 5.90. The number of rotatable bonds is 6. The first kappa shape index (κ1) is 19.9. The predicted molar refractivity (Wildman–Crippen MR) is 118 cm³/mol. The van der Waals surface area contributed by atoms with E-state index < -0.39 is 5.97 Å². The van der Waals surface area contributed by atoms with E-state index in [1.807, 2.05) is 91.0 Å². The number of carbonyl (C=O) groups is 1. The number of carbonyl (C=O) groups excluding carboxylic acids is 1. The van der Waals surface area contributed by atoms with E-state index in [1.54, 1.807) is 6.07 Å². The second-order valence-corrected chi connectivity index (χ2v) is 6.50. The Labute approximate surface area is 172 Å². The molecule has 2 nitrogen and oxygen atoms in total. The summed E-state index contributed by atoms with van der Waals surface area (Å²) in [5.74, 6) is 5.75. The van der Waals surface area contributed by atoms with Crippen LogP contribution in [-0.4, -0.2) is 12.6 Å². The lowest BCUT2D eigenvalue weighted by Crippen LogP contribution is -2.09. The number of hydrogen-bond acceptors (Lipinski definition) is 2. The summed E-state index contributed by atoms with van der Waals surface area (Å²) in [7, 11) is 0. The van der Waals surface area contributed by atoms with E-state index in [0.29, 0.717) is 17.5 Å². The molecule has 0 heterocycles. The Kier molecular flexibility index (Phi) is 7.21. The van der Waals surface area contributed by atoms with Crippen LogP contribution in [0.4, 0.5) is 0 Å². The smallest absolute Gasteiger partial charge is 0.339 e. The summed E-state index contributed by atoms with van der Waals surface area (Å²) in [4.78, 5) is 12.5. The molecule has 0 unspecified atom stereocenters. The molecule has 0 spiro atoms. The van der Waals surface area contributed by atoms with Crippen LogP contribution in [0.25, 0.3) is 6.08 Å². The third-order valence-electron chi connectivity index (χ3n) is 4.19. The molecule has 2 heteroatoms. The molecule has 3 aromatic rings. The van der Waals surface area contributed by atoms with E-state index >= 15 is 0 Å². The van der Waals surface area contributed by atoms with Crippen LogP contribution < -0.4 is 0 Å². The van der Waals surface area contributed by atoms with Crippen LogP contribution >= 0.6 is 0 Å². The fourth-order valence-electron chi connectivity index (χ4n) is 2.66. The van der Waals surface area contributed by atoms with Crippen molar-refractivity contribution in [2.24, 2.45) is 0 Å². The quantitative estimate of drug-likeness (QED) is 0.303. The lowest BCUT2D eigenvalue weighted by molar-refractivity contribution is 0.0538. The molecule has 29 heavy (non-hydrogen) atoms. The summed E-state index contributed by atoms with van der Waals surface area (Å²) in [6.07, 6.45) is 4.70. The maximum Gasteiger partial charge on any atom is 0.339 e. The number of allylic oxidation sites excluding steroid dienone is 1. The largest absolute Gasteiger partial charge is 0.458 e. The van der Waals surface area contributed by atoms with E-state index in [-0.39, 0.29) is 6.61 Å². The number of ether oxygens (including phenoxy) is 1. The zero-order chi connectivity index (χ0) is 20.3. The average Bonchev–Trinajstić information content (AvgIpc) is 2.78. The van der Waals surface area contributed by atoms with E-state index in [4.69, 9.17) is 4.74 Å². The van der Waals surface area contributed by atoms with Crippen molar-refractivity contribution < 1.29 is 9.53 Å². The zero-order valence-electron chi connectivity index (χ0n) is 16.2. The van der Waals surface area contributed by atoms with Gasteiger partial charge in [-0.25, -0.2) is 4.79 Å². The molecule has 0 N–H and O–H groups in total. The van der Waals surface area contributed by atoms with E-state index in [9.17, 15) is 4.79 Å². The Bertz CT molecular complexity index is 1050. The van der Waals surface area contributed by atoms with E-state index in [2.05, 4.69) is 18.4 Å². The SMILES string of the molecule is C=C(C/C=C/c1ccccc1)COC(=O)c1ccccc1C#Cc1ccccc1. The second kappa shape index (κ2) is 10.5. The zero-order valence-corrected chi connectivity index (χ0v) is 16.2. The summed E-state index contributed by atoms with van der Waals surface area (Å²) < 4.78 is 5.45. The van der Waals surface area contributed by atoms with Gasteiger partial charge in [-0.1, -0.05) is 91.2 Å². The van der Waals surface area contributed by atoms with Gasteiger partial charge in [-0.2, -0.15) is 0 Å². The molecule has 0 aromatic heterocycles. The van der Waals surface area contributed by atoms with Crippen molar-refractivity contribution in [2.75, 3.05) is 6.61 Å². The standard InChI is InChI=1S/C27H22O2/c1-22(11-10-16-23-12-4-2-5-13-23)21-29-27(28)26-18-9-8-17-25(26)20-19-24-14-6-3-7-15-24/h2-10,12-18H,1,11,21H2/b16-10+. The number of hydrogen-bond donors (Lipinski definition) is 0. The fourth-order valence-corrected chi connectivity index (χ4v) is 2.66. The second-order valence-electron chi connectivity index (χ2n) is 6.50. The summed E-state index contributed by atoms with van der Waals surface area (Å²) >= 11 is 0. The van der Waals surface area contributed by atoms with Crippen molar-refractivity contribution >= 4 is 12.0 Å². The Morgan fingerprint density at radius 2 is 1.52 bits per heavy atom. The Morgan fingerprint density at radius 1 is 0.862 bits per heavy atom. The minimum Gasteiger partial charge on any atom is -0.458 e. The molecule has 3 aromatic carbocycles. The van der Waals surface area contributed by atoms with E-state index in [0.717, 1.165) is 16.7 Å². The van der Waals surface area contributed by atoms with Crippen LogP contribution in [0, 0.1) is 11.8 Å². The molecule has 0 radical (unpaired) electrons. The minimum absolute atomic E-state index is 0.179. The van der Waals surface area contributed by atoms with Gasteiger partial charge in [0.1, 0.15) is 6.61 Å². The van der Waals surface area contributed by atoms with Gasteiger partial charge in [0.2, 0.25) is 0 Å². The maximum absolute atomic E-state index is 12.5. The van der Waals surface area contributed by atoms with Gasteiger partial charge in [0, 0.05) is 11.1 Å². The van der Waals surface area contributed by atoms with Gasteiger partial charge in [0.05, 0.1) is 5.56 Å². The molecule has 142 valence electrons. The highest BCUT2D eigenvalue weighted by Crippen LogP contribution is 2.12. The van der Waals surface area contributed by atoms with Gasteiger partial charge in [0.25, 0.3) is 0 Å². The molecule has 0 aliphatic heterocycles.